The zero-order valence-electron chi connectivity index (χ0n) is 22.8. The molecule has 3 aromatic carbocycles. The Hall–Kier alpha value is -3.56. The highest BCUT2D eigenvalue weighted by Crippen LogP contribution is 2.42. The van der Waals surface area contributed by atoms with E-state index in [0.717, 1.165) is 56.1 Å². The summed E-state index contributed by atoms with van der Waals surface area (Å²) in [7, 11) is 0. The largest absolute Gasteiger partial charge is 0.508 e. The van der Waals surface area contributed by atoms with E-state index in [9.17, 15) is 9.50 Å². The molecule has 4 fully saturated rings. The van der Waals surface area contributed by atoms with Gasteiger partial charge in [-0.1, -0.05) is 30.3 Å². The molecule has 5 heterocycles. The van der Waals surface area contributed by atoms with Gasteiger partial charge in [0.25, 0.3) is 0 Å². The molecular weight excluding hydrogens is 524 g/mol. The number of fused-ring (bicyclic) bond motifs is 5. The predicted molar refractivity (Wildman–Crippen MR) is 155 cm³/mol. The summed E-state index contributed by atoms with van der Waals surface area (Å²) >= 11 is 0. The topological polar surface area (TPSA) is 73.8 Å². The van der Waals surface area contributed by atoms with Crippen LogP contribution in [0.3, 0.4) is 0 Å². The molecule has 0 radical (unpaired) electrons. The van der Waals surface area contributed by atoms with Gasteiger partial charge < -0.3 is 20.1 Å². The third kappa shape index (κ3) is 4.20. The van der Waals surface area contributed by atoms with Crippen LogP contribution < -0.4 is 15.0 Å². The lowest BCUT2D eigenvalue weighted by atomic mass is 9.95. The molecule has 1 aromatic heterocycles. The molecule has 4 saturated heterocycles. The molecule has 4 aliphatic rings. The highest BCUT2D eigenvalue weighted by molar-refractivity contribution is 6.01. The van der Waals surface area contributed by atoms with Crippen molar-refractivity contribution in [2.75, 3.05) is 37.7 Å². The maximum absolute atomic E-state index is 16.6. The number of aromatic hydroxyl groups is 1. The van der Waals surface area contributed by atoms with Crippen molar-refractivity contribution >= 4 is 27.5 Å². The number of alkyl halides is 1. The van der Waals surface area contributed by atoms with Crippen LogP contribution in [0.2, 0.25) is 0 Å². The van der Waals surface area contributed by atoms with E-state index in [1.807, 2.05) is 30.3 Å². The number of aromatic nitrogens is 2. The monoisotopic (exact) mass is 557 g/mol. The number of benzene rings is 3. The lowest BCUT2D eigenvalue weighted by Crippen LogP contribution is -2.51. The number of anilines is 1. The third-order valence-electron chi connectivity index (χ3n) is 9.65. The average Bonchev–Trinajstić information content (AvgIpc) is 3.61. The summed E-state index contributed by atoms with van der Waals surface area (Å²) in [6.07, 6.45) is 3.69. The number of piperazine rings is 1. The van der Waals surface area contributed by atoms with E-state index in [4.69, 9.17) is 9.72 Å². The second-order valence-electron chi connectivity index (χ2n) is 12.3. The Morgan fingerprint density at radius 3 is 2.68 bits per heavy atom. The molecule has 0 amide bonds. The van der Waals surface area contributed by atoms with Gasteiger partial charge in [-0.2, -0.15) is 9.97 Å². The van der Waals surface area contributed by atoms with Crippen LogP contribution in [0.5, 0.6) is 11.8 Å². The zero-order valence-corrected chi connectivity index (χ0v) is 22.8. The molecule has 0 saturated carbocycles. The fourth-order valence-corrected chi connectivity index (χ4v) is 7.77. The summed E-state index contributed by atoms with van der Waals surface area (Å²) in [6.45, 7) is 3.15. The number of nitrogens with zero attached hydrogens (tertiary/aromatic N) is 4. The molecule has 8 rings (SSSR count). The van der Waals surface area contributed by atoms with E-state index < -0.39 is 12.0 Å². The molecular formula is C32H33F2N5O2. The van der Waals surface area contributed by atoms with Crippen LogP contribution in [0.4, 0.5) is 14.6 Å². The van der Waals surface area contributed by atoms with Crippen molar-refractivity contribution in [3.8, 4) is 22.9 Å². The average molecular weight is 558 g/mol. The van der Waals surface area contributed by atoms with Crippen molar-refractivity contribution in [2.24, 2.45) is 0 Å². The molecule has 2 N–H and O–H groups in total. The van der Waals surface area contributed by atoms with E-state index in [2.05, 4.69) is 20.1 Å². The standard InChI is InChI=1S/C32H33F2N5O2/c33-20-14-32(10-3-11-39(32)15-20)18-41-31-36-29-26(30(37-31)38-16-21-6-7-22(17-38)35-21)9-8-25(28(29)34)27-13-23(40)12-19-4-1-2-5-24(19)27/h1-2,4-5,8-9,12-13,20-22,35,40H,3,6-7,10-11,14-18H2/t20-,21?,22?,32+/m1/s1. The summed E-state index contributed by atoms with van der Waals surface area (Å²) in [5.41, 5.74) is 0.796. The molecule has 4 aliphatic heterocycles. The Kier molecular flexibility index (Phi) is 5.83. The fourth-order valence-electron chi connectivity index (χ4n) is 7.77. The van der Waals surface area contributed by atoms with Gasteiger partial charge in [0.05, 0.1) is 5.54 Å². The van der Waals surface area contributed by atoms with Crippen LogP contribution in [-0.4, -0.2) is 76.6 Å². The van der Waals surface area contributed by atoms with E-state index in [1.54, 1.807) is 18.2 Å². The van der Waals surface area contributed by atoms with Crippen molar-refractivity contribution in [2.45, 2.75) is 55.9 Å². The minimum atomic E-state index is -0.861. The number of phenols is 1. The first kappa shape index (κ1) is 25.2. The van der Waals surface area contributed by atoms with E-state index >= 15 is 4.39 Å². The van der Waals surface area contributed by atoms with Crippen molar-refractivity contribution in [1.29, 1.82) is 0 Å². The first-order valence-corrected chi connectivity index (χ1v) is 14.7. The summed E-state index contributed by atoms with van der Waals surface area (Å²) in [5.74, 6) is 0.269. The van der Waals surface area contributed by atoms with Gasteiger partial charge in [0.2, 0.25) is 0 Å². The van der Waals surface area contributed by atoms with Crippen molar-refractivity contribution in [3.63, 3.8) is 0 Å². The van der Waals surface area contributed by atoms with Gasteiger partial charge in [-0.3, -0.25) is 4.90 Å². The Balaban J connectivity index is 1.24. The number of hydrogen-bond donors (Lipinski definition) is 2. The maximum Gasteiger partial charge on any atom is 0.319 e. The van der Waals surface area contributed by atoms with Gasteiger partial charge in [-0.05, 0) is 66.8 Å². The Bertz CT molecular complexity index is 1650. The number of halogens is 2. The van der Waals surface area contributed by atoms with Crippen LogP contribution in [0.15, 0.2) is 48.5 Å². The van der Waals surface area contributed by atoms with Gasteiger partial charge in [0, 0.05) is 49.1 Å². The molecule has 2 unspecified atom stereocenters. The summed E-state index contributed by atoms with van der Waals surface area (Å²) in [4.78, 5) is 13.9. The second kappa shape index (κ2) is 9.49. The first-order valence-electron chi connectivity index (χ1n) is 14.7. The molecule has 212 valence electrons. The predicted octanol–water partition coefficient (Wildman–Crippen LogP) is 5.19. The molecule has 0 spiro atoms. The number of ether oxygens (including phenoxy) is 1. The zero-order chi connectivity index (χ0) is 27.7. The SMILES string of the molecule is Oc1cc(-c2ccc3c(N4CC5CCC(C4)N5)nc(OC[C@@]45CCCN4C[C@H](F)C5)nc3c2F)c2ccccc2c1. The lowest BCUT2D eigenvalue weighted by Gasteiger charge is -2.34. The fraction of sp³-hybridized carbons (Fsp3) is 0.438. The van der Waals surface area contributed by atoms with Gasteiger partial charge >= 0.3 is 6.01 Å². The number of nitrogens with one attached hydrogen (secondary N) is 1. The van der Waals surface area contributed by atoms with Crippen LogP contribution in [0.1, 0.15) is 32.1 Å². The maximum atomic E-state index is 16.6. The van der Waals surface area contributed by atoms with Gasteiger partial charge in [0.15, 0.2) is 5.82 Å². The Labute approximate surface area is 237 Å². The molecule has 4 atom stereocenters. The normalized spacial score (nSPS) is 27.7. The summed E-state index contributed by atoms with van der Waals surface area (Å²) in [5, 5.41) is 16.4. The summed E-state index contributed by atoms with van der Waals surface area (Å²) in [6, 6.07) is 15.4. The van der Waals surface area contributed by atoms with E-state index in [0.29, 0.717) is 47.4 Å². The Morgan fingerprint density at radius 1 is 1.00 bits per heavy atom. The van der Waals surface area contributed by atoms with E-state index in [1.165, 1.54) is 0 Å². The third-order valence-corrected chi connectivity index (χ3v) is 9.65. The van der Waals surface area contributed by atoms with Gasteiger partial charge in [0.1, 0.15) is 29.9 Å². The highest BCUT2D eigenvalue weighted by atomic mass is 19.1. The van der Waals surface area contributed by atoms with Gasteiger partial charge in [-0.15, -0.1) is 0 Å². The van der Waals surface area contributed by atoms with Crippen molar-refractivity contribution in [3.05, 3.63) is 54.3 Å². The quantitative estimate of drug-likeness (QED) is 0.350. The minimum Gasteiger partial charge on any atom is -0.508 e. The van der Waals surface area contributed by atoms with E-state index in [-0.39, 0.29) is 29.4 Å². The first-order chi connectivity index (χ1) is 20.0. The second-order valence-corrected chi connectivity index (χ2v) is 12.3. The minimum absolute atomic E-state index is 0.0741. The van der Waals surface area contributed by atoms with Crippen LogP contribution in [0, 0.1) is 5.82 Å². The van der Waals surface area contributed by atoms with Crippen molar-refractivity contribution < 1.29 is 18.6 Å². The lowest BCUT2D eigenvalue weighted by molar-refractivity contribution is 0.107. The molecule has 4 aromatic rings. The number of phenolic OH excluding ortho intramolecular Hbond substituents is 1. The molecule has 7 nitrogen and oxygen atoms in total. The summed E-state index contributed by atoms with van der Waals surface area (Å²) < 4.78 is 37.3. The highest BCUT2D eigenvalue weighted by Gasteiger charge is 2.49. The molecule has 41 heavy (non-hydrogen) atoms. The van der Waals surface area contributed by atoms with Crippen LogP contribution >= 0.6 is 0 Å². The molecule has 9 heteroatoms. The van der Waals surface area contributed by atoms with Gasteiger partial charge in [-0.25, -0.2) is 8.78 Å². The number of rotatable bonds is 5. The van der Waals surface area contributed by atoms with Crippen LogP contribution in [0.25, 0.3) is 32.8 Å². The van der Waals surface area contributed by atoms with Crippen LogP contribution in [-0.2, 0) is 0 Å². The van der Waals surface area contributed by atoms with Crippen molar-refractivity contribution in [1.82, 2.24) is 20.2 Å². The molecule has 2 bridgehead atoms. The smallest absolute Gasteiger partial charge is 0.319 e. The Morgan fingerprint density at radius 2 is 1.83 bits per heavy atom. The molecule has 0 aliphatic carbocycles. The number of hydrogen-bond acceptors (Lipinski definition) is 7.